The summed E-state index contributed by atoms with van der Waals surface area (Å²) in [6.07, 6.45) is 5.12. The quantitative estimate of drug-likeness (QED) is 0.441. The molecule has 1 saturated heterocycles. The van der Waals surface area contributed by atoms with Gasteiger partial charge in [0.1, 0.15) is 23.8 Å². The molecule has 0 bridgehead atoms. The molecule has 0 amide bonds. The molecule has 4 aromatic rings. The Morgan fingerprint density at radius 2 is 1.78 bits per heavy atom. The summed E-state index contributed by atoms with van der Waals surface area (Å²) in [6.45, 7) is 8.99. The van der Waals surface area contributed by atoms with Crippen LogP contribution in [0.2, 0.25) is 0 Å². The van der Waals surface area contributed by atoms with Crippen LogP contribution >= 0.6 is 0 Å². The van der Waals surface area contributed by atoms with Gasteiger partial charge in [0, 0.05) is 67.8 Å². The van der Waals surface area contributed by atoms with Gasteiger partial charge in [-0.15, -0.1) is 10.2 Å². The molecular weight excluding hydrogens is 474 g/mol. The zero-order valence-electron chi connectivity index (χ0n) is 20.8. The van der Waals surface area contributed by atoms with Gasteiger partial charge >= 0.3 is 0 Å². The Bertz CT molecular complexity index is 1410. The van der Waals surface area contributed by atoms with Gasteiger partial charge < -0.3 is 10.2 Å². The van der Waals surface area contributed by atoms with Crippen LogP contribution < -0.4 is 10.2 Å². The molecule has 1 N–H and O–H groups in total. The first-order valence-corrected chi connectivity index (χ1v) is 12.5. The first-order valence-electron chi connectivity index (χ1n) is 12.5. The zero-order chi connectivity index (χ0) is 25.5. The molecule has 0 saturated carbocycles. The Labute approximate surface area is 214 Å². The fourth-order valence-electron chi connectivity index (χ4n) is 5.15. The van der Waals surface area contributed by atoms with Crippen molar-refractivity contribution in [2.75, 3.05) is 42.9 Å². The standard InChI is InChI=1S/C27H28F2N8/c1-17(2)35-8-10-36(11-9-35)24-7-6-18(13-30-24)19-12-20-21(15-32-26(20)31-14-19)27-34-33-16-37(27)23-5-3-4-22(28)25(23)29/h3-7,12-14,16-17,21H,8-11,15H2,1-2H3,(H,31,32). The summed E-state index contributed by atoms with van der Waals surface area (Å²) in [5.41, 5.74) is 2.89. The number of aromatic nitrogens is 5. The smallest absolute Gasteiger partial charge is 0.182 e. The van der Waals surface area contributed by atoms with E-state index >= 15 is 0 Å². The number of hydrogen-bond donors (Lipinski definition) is 1. The number of nitrogens with zero attached hydrogens (tertiary/aromatic N) is 7. The molecule has 1 unspecified atom stereocenters. The normalized spacial score (nSPS) is 17.8. The van der Waals surface area contributed by atoms with Crippen LogP contribution in [0, 0.1) is 11.6 Å². The molecular formula is C27H28F2N8. The maximum atomic E-state index is 14.5. The van der Waals surface area contributed by atoms with Crippen molar-refractivity contribution in [3.63, 3.8) is 0 Å². The highest BCUT2D eigenvalue weighted by Gasteiger charge is 2.30. The summed E-state index contributed by atoms with van der Waals surface area (Å²) < 4.78 is 29.9. The van der Waals surface area contributed by atoms with E-state index in [4.69, 9.17) is 4.98 Å². The molecule has 1 atom stereocenters. The molecule has 1 fully saturated rings. The lowest BCUT2D eigenvalue weighted by atomic mass is 9.98. The van der Waals surface area contributed by atoms with Gasteiger partial charge in [0.25, 0.3) is 0 Å². The fraction of sp³-hybridized carbons (Fsp3) is 0.333. The van der Waals surface area contributed by atoms with Crippen molar-refractivity contribution >= 4 is 11.6 Å². The number of rotatable bonds is 5. The Kier molecular flexibility index (Phi) is 6.03. The number of anilines is 2. The van der Waals surface area contributed by atoms with E-state index in [2.05, 4.69) is 62.3 Å². The van der Waals surface area contributed by atoms with Gasteiger partial charge in [-0.1, -0.05) is 6.07 Å². The molecule has 2 aliphatic rings. The molecule has 1 aromatic carbocycles. The summed E-state index contributed by atoms with van der Waals surface area (Å²) in [5.74, 6) is 0.171. The number of hydrogen-bond acceptors (Lipinski definition) is 7. The summed E-state index contributed by atoms with van der Waals surface area (Å²) in [4.78, 5) is 14.2. The summed E-state index contributed by atoms with van der Waals surface area (Å²) in [7, 11) is 0. The number of halogens is 2. The van der Waals surface area contributed by atoms with Crippen LogP contribution in [-0.4, -0.2) is 68.4 Å². The molecule has 5 heterocycles. The highest BCUT2D eigenvalue weighted by Crippen LogP contribution is 2.37. The monoisotopic (exact) mass is 502 g/mol. The maximum absolute atomic E-state index is 14.5. The summed E-state index contributed by atoms with van der Waals surface area (Å²) in [5, 5.41) is 11.6. The van der Waals surface area contributed by atoms with E-state index in [1.54, 1.807) is 0 Å². The molecule has 0 aliphatic carbocycles. The van der Waals surface area contributed by atoms with E-state index in [0.717, 1.165) is 60.6 Å². The highest BCUT2D eigenvalue weighted by atomic mass is 19.2. The van der Waals surface area contributed by atoms with Crippen molar-refractivity contribution in [3.05, 3.63) is 78.1 Å². The van der Waals surface area contributed by atoms with Gasteiger partial charge in [-0.05, 0) is 44.2 Å². The number of pyridine rings is 2. The second-order valence-electron chi connectivity index (χ2n) is 9.75. The van der Waals surface area contributed by atoms with E-state index in [1.807, 2.05) is 12.4 Å². The van der Waals surface area contributed by atoms with Gasteiger partial charge in [-0.3, -0.25) is 9.47 Å². The molecule has 6 rings (SSSR count). The summed E-state index contributed by atoms with van der Waals surface area (Å²) in [6, 6.07) is 10.8. The zero-order valence-corrected chi connectivity index (χ0v) is 20.8. The Morgan fingerprint density at radius 3 is 2.54 bits per heavy atom. The fourth-order valence-corrected chi connectivity index (χ4v) is 5.15. The van der Waals surface area contributed by atoms with Crippen molar-refractivity contribution in [3.8, 4) is 16.8 Å². The van der Waals surface area contributed by atoms with Crippen molar-refractivity contribution in [1.82, 2.24) is 29.6 Å². The van der Waals surface area contributed by atoms with Gasteiger partial charge in [0.15, 0.2) is 11.6 Å². The molecule has 3 aromatic heterocycles. The van der Waals surface area contributed by atoms with Gasteiger partial charge in [0.05, 0.1) is 11.6 Å². The molecule has 2 aliphatic heterocycles. The van der Waals surface area contributed by atoms with E-state index in [-0.39, 0.29) is 11.6 Å². The molecule has 10 heteroatoms. The first-order chi connectivity index (χ1) is 18.0. The lowest BCUT2D eigenvalue weighted by Crippen LogP contribution is -2.49. The minimum atomic E-state index is -0.932. The van der Waals surface area contributed by atoms with E-state index in [9.17, 15) is 8.78 Å². The van der Waals surface area contributed by atoms with Crippen molar-refractivity contribution in [2.45, 2.75) is 25.8 Å². The third kappa shape index (κ3) is 4.31. The minimum Gasteiger partial charge on any atom is -0.369 e. The number of piperazine rings is 1. The average molecular weight is 503 g/mol. The average Bonchev–Trinajstić information content (AvgIpc) is 3.57. The predicted octanol–water partition coefficient (Wildman–Crippen LogP) is 4.09. The SMILES string of the molecule is CC(C)N1CCN(c2ccc(-c3cnc4c(c3)C(c3nncn3-c3cccc(F)c3F)CN4)cn2)CC1. The number of benzene rings is 1. The van der Waals surface area contributed by atoms with Gasteiger partial charge in [0.2, 0.25) is 0 Å². The van der Waals surface area contributed by atoms with Crippen LogP contribution in [0.25, 0.3) is 16.8 Å². The number of nitrogens with one attached hydrogen (secondary N) is 1. The molecule has 8 nitrogen and oxygen atoms in total. The van der Waals surface area contributed by atoms with Crippen LogP contribution in [0.4, 0.5) is 20.4 Å². The largest absolute Gasteiger partial charge is 0.369 e. The van der Waals surface area contributed by atoms with Crippen molar-refractivity contribution in [1.29, 1.82) is 0 Å². The van der Waals surface area contributed by atoms with Crippen LogP contribution in [0.1, 0.15) is 31.2 Å². The van der Waals surface area contributed by atoms with Crippen LogP contribution in [0.3, 0.4) is 0 Å². The van der Waals surface area contributed by atoms with Crippen molar-refractivity contribution < 1.29 is 8.78 Å². The van der Waals surface area contributed by atoms with Crippen LogP contribution in [0.15, 0.2) is 55.1 Å². The van der Waals surface area contributed by atoms with Crippen LogP contribution in [0.5, 0.6) is 0 Å². The predicted molar refractivity (Wildman–Crippen MR) is 138 cm³/mol. The minimum absolute atomic E-state index is 0.0755. The second kappa shape index (κ2) is 9.51. The maximum Gasteiger partial charge on any atom is 0.182 e. The molecule has 0 spiro atoms. The second-order valence-corrected chi connectivity index (χ2v) is 9.75. The summed E-state index contributed by atoms with van der Waals surface area (Å²) >= 11 is 0. The molecule has 190 valence electrons. The van der Waals surface area contributed by atoms with Gasteiger partial charge in [-0.2, -0.15) is 0 Å². The third-order valence-corrected chi connectivity index (χ3v) is 7.29. The van der Waals surface area contributed by atoms with E-state index < -0.39 is 11.6 Å². The van der Waals surface area contributed by atoms with Gasteiger partial charge in [-0.25, -0.2) is 18.7 Å². The Hall–Kier alpha value is -3.92. The topological polar surface area (TPSA) is 75.0 Å². The van der Waals surface area contributed by atoms with E-state index in [0.29, 0.717) is 18.4 Å². The third-order valence-electron chi connectivity index (χ3n) is 7.29. The number of fused-ring (bicyclic) bond motifs is 1. The van der Waals surface area contributed by atoms with E-state index in [1.165, 1.54) is 23.0 Å². The Balaban J connectivity index is 1.26. The first kappa shape index (κ1) is 23.5. The molecule has 0 radical (unpaired) electrons. The lowest BCUT2D eigenvalue weighted by molar-refractivity contribution is 0.209. The molecule has 37 heavy (non-hydrogen) atoms. The van der Waals surface area contributed by atoms with Crippen LogP contribution in [-0.2, 0) is 0 Å². The lowest BCUT2D eigenvalue weighted by Gasteiger charge is -2.37. The Morgan fingerprint density at radius 1 is 0.973 bits per heavy atom. The highest BCUT2D eigenvalue weighted by molar-refractivity contribution is 5.68. The van der Waals surface area contributed by atoms with Crippen molar-refractivity contribution in [2.24, 2.45) is 0 Å².